The van der Waals surface area contributed by atoms with Crippen LogP contribution in [0.25, 0.3) is 0 Å². The molecular formula is C11H22Cl2N4. The molecule has 17 heavy (non-hydrogen) atoms. The van der Waals surface area contributed by atoms with Gasteiger partial charge in [0, 0.05) is 45.5 Å². The molecule has 0 spiro atoms. The minimum atomic E-state index is 0. The molecule has 1 aliphatic rings. The van der Waals surface area contributed by atoms with Crippen molar-refractivity contribution >= 4 is 24.8 Å². The first kappa shape index (κ1) is 16.7. The van der Waals surface area contributed by atoms with E-state index in [0.717, 1.165) is 26.1 Å². The zero-order valence-corrected chi connectivity index (χ0v) is 12.1. The van der Waals surface area contributed by atoms with Gasteiger partial charge in [-0.25, -0.2) is 0 Å². The summed E-state index contributed by atoms with van der Waals surface area (Å²) in [5, 5.41) is 7.59. The monoisotopic (exact) mass is 280 g/mol. The lowest BCUT2D eigenvalue weighted by Gasteiger charge is -2.33. The summed E-state index contributed by atoms with van der Waals surface area (Å²) in [6.45, 7) is 6.84. The summed E-state index contributed by atoms with van der Waals surface area (Å²) < 4.78 is 1.87. The van der Waals surface area contributed by atoms with Crippen LogP contribution in [0.3, 0.4) is 0 Å². The van der Waals surface area contributed by atoms with Crippen molar-refractivity contribution in [2.24, 2.45) is 7.05 Å². The molecular weight excluding hydrogens is 259 g/mol. The van der Waals surface area contributed by atoms with Gasteiger partial charge in [0.2, 0.25) is 0 Å². The molecule has 0 aliphatic carbocycles. The van der Waals surface area contributed by atoms with Crippen molar-refractivity contribution in [2.45, 2.75) is 19.4 Å². The average Bonchev–Trinajstić information content (AvgIpc) is 2.63. The Morgan fingerprint density at radius 3 is 2.82 bits per heavy atom. The summed E-state index contributed by atoms with van der Waals surface area (Å²) >= 11 is 0. The number of halogens is 2. The van der Waals surface area contributed by atoms with Gasteiger partial charge in [-0.05, 0) is 18.9 Å². The summed E-state index contributed by atoms with van der Waals surface area (Å²) in [4.78, 5) is 2.55. The first-order valence-corrected chi connectivity index (χ1v) is 5.68. The molecule has 0 bridgehead atoms. The molecule has 1 N–H and O–H groups in total. The van der Waals surface area contributed by atoms with Crippen LogP contribution in [0.2, 0.25) is 0 Å². The Morgan fingerprint density at radius 1 is 1.47 bits per heavy atom. The molecule has 1 aromatic heterocycles. The SMILES string of the molecule is C[C@H]1CNCCN1CCc1cnn(C)c1.Cl.Cl. The van der Waals surface area contributed by atoms with Crippen LogP contribution >= 0.6 is 24.8 Å². The number of aromatic nitrogens is 2. The molecule has 6 heteroatoms. The molecule has 4 nitrogen and oxygen atoms in total. The predicted octanol–water partition coefficient (Wildman–Crippen LogP) is 1.10. The van der Waals surface area contributed by atoms with Gasteiger partial charge in [-0.15, -0.1) is 24.8 Å². The van der Waals surface area contributed by atoms with Crippen molar-refractivity contribution in [3.05, 3.63) is 18.0 Å². The van der Waals surface area contributed by atoms with Gasteiger partial charge >= 0.3 is 0 Å². The van der Waals surface area contributed by atoms with Crippen molar-refractivity contribution in [1.29, 1.82) is 0 Å². The predicted molar refractivity (Wildman–Crippen MR) is 75.3 cm³/mol. The highest BCUT2D eigenvalue weighted by atomic mass is 35.5. The van der Waals surface area contributed by atoms with Crippen molar-refractivity contribution < 1.29 is 0 Å². The van der Waals surface area contributed by atoms with Crippen LogP contribution in [0.4, 0.5) is 0 Å². The zero-order valence-electron chi connectivity index (χ0n) is 10.4. The molecule has 1 atom stereocenters. The number of hydrogen-bond acceptors (Lipinski definition) is 3. The van der Waals surface area contributed by atoms with Crippen molar-refractivity contribution in [1.82, 2.24) is 20.0 Å². The fraction of sp³-hybridized carbons (Fsp3) is 0.727. The van der Waals surface area contributed by atoms with Crippen LogP contribution in [-0.4, -0.2) is 46.9 Å². The number of aryl methyl sites for hydroxylation is 1. The lowest BCUT2D eigenvalue weighted by atomic mass is 10.2. The van der Waals surface area contributed by atoms with Gasteiger partial charge < -0.3 is 5.32 Å². The van der Waals surface area contributed by atoms with E-state index in [9.17, 15) is 0 Å². The van der Waals surface area contributed by atoms with Crippen LogP contribution in [0, 0.1) is 0 Å². The van der Waals surface area contributed by atoms with E-state index >= 15 is 0 Å². The lowest BCUT2D eigenvalue weighted by Crippen LogP contribution is -2.50. The van der Waals surface area contributed by atoms with Gasteiger partial charge in [0.05, 0.1) is 6.20 Å². The summed E-state index contributed by atoms with van der Waals surface area (Å²) in [7, 11) is 1.97. The Bertz CT molecular complexity index is 316. The van der Waals surface area contributed by atoms with Crippen molar-refractivity contribution in [2.75, 3.05) is 26.2 Å². The minimum Gasteiger partial charge on any atom is -0.314 e. The third-order valence-electron chi connectivity index (χ3n) is 3.08. The molecule has 2 heterocycles. The maximum atomic E-state index is 4.19. The highest BCUT2D eigenvalue weighted by Crippen LogP contribution is 2.05. The standard InChI is InChI=1S/C11H20N4.2ClH/c1-10-7-12-4-6-15(10)5-3-11-8-13-14(2)9-11;;/h8-10,12H,3-7H2,1-2H3;2*1H/t10-;;/m0../s1. The van der Waals surface area contributed by atoms with Crippen LogP contribution in [0.5, 0.6) is 0 Å². The Hall–Kier alpha value is -0.290. The van der Waals surface area contributed by atoms with E-state index in [2.05, 4.69) is 28.4 Å². The highest BCUT2D eigenvalue weighted by molar-refractivity contribution is 5.85. The number of nitrogens with zero attached hydrogens (tertiary/aromatic N) is 3. The maximum Gasteiger partial charge on any atom is 0.0522 e. The van der Waals surface area contributed by atoms with Gasteiger partial charge in [-0.2, -0.15) is 5.10 Å². The minimum absolute atomic E-state index is 0. The number of hydrogen-bond donors (Lipinski definition) is 1. The number of piperazine rings is 1. The van der Waals surface area contributed by atoms with E-state index < -0.39 is 0 Å². The van der Waals surface area contributed by atoms with Crippen LogP contribution in [0.1, 0.15) is 12.5 Å². The Morgan fingerprint density at radius 2 is 2.24 bits per heavy atom. The molecule has 1 saturated heterocycles. The van der Waals surface area contributed by atoms with E-state index in [1.807, 2.05) is 17.9 Å². The average molecular weight is 281 g/mol. The molecule has 2 rings (SSSR count). The molecule has 0 radical (unpaired) electrons. The third-order valence-corrected chi connectivity index (χ3v) is 3.08. The number of nitrogens with one attached hydrogen (secondary N) is 1. The molecule has 0 unspecified atom stereocenters. The second kappa shape index (κ2) is 7.93. The Kier molecular flexibility index (Phi) is 7.79. The zero-order chi connectivity index (χ0) is 10.7. The molecule has 100 valence electrons. The van der Waals surface area contributed by atoms with Crippen LogP contribution < -0.4 is 5.32 Å². The topological polar surface area (TPSA) is 33.1 Å². The first-order valence-electron chi connectivity index (χ1n) is 5.68. The van der Waals surface area contributed by atoms with Gasteiger partial charge in [0.1, 0.15) is 0 Å². The Balaban J connectivity index is 0.00000128. The fourth-order valence-corrected chi connectivity index (χ4v) is 2.09. The summed E-state index contributed by atoms with van der Waals surface area (Å²) in [5.74, 6) is 0. The van der Waals surface area contributed by atoms with Crippen LogP contribution in [0.15, 0.2) is 12.4 Å². The third kappa shape index (κ3) is 4.84. The molecule has 1 aromatic rings. The van der Waals surface area contributed by atoms with Gasteiger partial charge in [0.25, 0.3) is 0 Å². The quantitative estimate of drug-likeness (QED) is 0.900. The van der Waals surface area contributed by atoms with Crippen molar-refractivity contribution in [3.8, 4) is 0 Å². The summed E-state index contributed by atoms with van der Waals surface area (Å²) in [5.41, 5.74) is 1.34. The van der Waals surface area contributed by atoms with Gasteiger partial charge in [-0.1, -0.05) is 0 Å². The molecule has 0 amide bonds. The normalized spacial score (nSPS) is 20.5. The van der Waals surface area contributed by atoms with E-state index in [1.165, 1.54) is 12.1 Å². The largest absolute Gasteiger partial charge is 0.314 e. The highest BCUT2D eigenvalue weighted by Gasteiger charge is 2.17. The molecule has 1 fully saturated rings. The van der Waals surface area contributed by atoms with E-state index in [-0.39, 0.29) is 24.8 Å². The Labute approximate surface area is 116 Å². The summed E-state index contributed by atoms with van der Waals surface area (Å²) in [6, 6.07) is 0.662. The number of rotatable bonds is 3. The molecule has 0 saturated carbocycles. The van der Waals surface area contributed by atoms with E-state index in [0.29, 0.717) is 6.04 Å². The fourth-order valence-electron chi connectivity index (χ4n) is 2.09. The van der Waals surface area contributed by atoms with E-state index in [4.69, 9.17) is 0 Å². The lowest BCUT2D eigenvalue weighted by molar-refractivity contribution is 0.176. The summed E-state index contributed by atoms with van der Waals surface area (Å²) in [6.07, 6.45) is 5.18. The van der Waals surface area contributed by atoms with Gasteiger partial charge in [0.15, 0.2) is 0 Å². The van der Waals surface area contributed by atoms with Crippen LogP contribution in [-0.2, 0) is 13.5 Å². The second-order valence-electron chi connectivity index (χ2n) is 4.36. The van der Waals surface area contributed by atoms with Gasteiger partial charge in [-0.3, -0.25) is 9.58 Å². The second-order valence-corrected chi connectivity index (χ2v) is 4.36. The molecule has 1 aliphatic heterocycles. The van der Waals surface area contributed by atoms with E-state index in [1.54, 1.807) is 0 Å². The first-order chi connectivity index (χ1) is 7.25. The van der Waals surface area contributed by atoms with Crippen molar-refractivity contribution in [3.63, 3.8) is 0 Å². The maximum absolute atomic E-state index is 4.19. The molecule has 0 aromatic carbocycles. The smallest absolute Gasteiger partial charge is 0.0522 e.